The third-order valence-electron chi connectivity index (χ3n) is 1.97. The minimum absolute atomic E-state index is 0.0438. The highest BCUT2D eigenvalue weighted by molar-refractivity contribution is 9.10. The van der Waals surface area contributed by atoms with Crippen LogP contribution in [-0.4, -0.2) is 33.5 Å². The molecule has 0 fully saturated rings. The van der Waals surface area contributed by atoms with Gasteiger partial charge < -0.3 is 4.74 Å². The number of rotatable bonds is 6. The lowest BCUT2D eigenvalue weighted by molar-refractivity contribution is 0.201. The fourth-order valence-corrected chi connectivity index (χ4v) is 3.12. The summed E-state index contributed by atoms with van der Waals surface area (Å²) in [5, 5.41) is 0. The quantitative estimate of drug-likeness (QED) is 0.762. The second-order valence-corrected chi connectivity index (χ2v) is 7.34. The molecule has 1 aromatic carbocycles. The molecule has 7 heteroatoms. The van der Waals surface area contributed by atoms with E-state index in [0.717, 1.165) is 4.47 Å². The van der Waals surface area contributed by atoms with Gasteiger partial charge in [-0.2, -0.15) is 0 Å². The Morgan fingerprint density at radius 2 is 1.94 bits per heavy atom. The second-order valence-electron chi connectivity index (χ2n) is 3.36. The van der Waals surface area contributed by atoms with E-state index in [1.54, 1.807) is 31.4 Å². The van der Waals surface area contributed by atoms with Gasteiger partial charge in [-0.15, -0.1) is 0 Å². The van der Waals surface area contributed by atoms with Crippen LogP contribution in [0.2, 0.25) is 0 Å². The van der Waals surface area contributed by atoms with Crippen molar-refractivity contribution in [3.63, 3.8) is 0 Å². The maximum Gasteiger partial charge on any atom is 0.240 e. The van der Waals surface area contributed by atoms with Crippen LogP contribution < -0.4 is 4.72 Å². The van der Waals surface area contributed by atoms with Crippen LogP contribution >= 0.6 is 31.9 Å². The van der Waals surface area contributed by atoms with Crippen LogP contribution in [0.3, 0.4) is 0 Å². The molecule has 1 N–H and O–H groups in total. The van der Waals surface area contributed by atoms with E-state index in [0.29, 0.717) is 6.61 Å². The van der Waals surface area contributed by atoms with Crippen molar-refractivity contribution in [2.24, 2.45) is 0 Å². The first kappa shape index (κ1) is 15.1. The fourth-order valence-electron chi connectivity index (χ4n) is 1.14. The van der Waals surface area contributed by atoms with Crippen molar-refractivity contribution in [2.75, 3.05) is 20.3 Å². The SMILES string of the molecule is COCC(Br)CNS(=O)(=O)c1ccc(Br)cc1. The van der Waals surface area contributed by atoms with Gasteiger partial charge in [-0.05, 0) is 24.3 Å². The van der Waals surface area contributed by atoms with Gasteiger partial charge in [0.15, 0.2) is 0 Å². The molecule has 96 valence electrons. The Hall–Kier alpha value is 0.0500. The molecule has 0 saturated heterocycles. The van der Waals surface area contributed by atoms with Crippen LogP contribution in [0.4, 0.5) is 0 Å². The van der Waals surface area contributed by atoms with E-state index in [4.69, 9.17) is 4.74 Å². The van der Waals surface area contributed by atoms with Crippen LogP contribution in [0.25, 0.3) is 0 Å². The number of alkyl halides is 1. The number of sulfonamides is 1. The Morgan fingerprint density at radius 3 is 2.47 bits per heavy atom. The molecule has 1 rings (SSSR count). The number of nitrogens with one attached hydrogen (secondary N) is 1. The summed E-state index contributed by atoms with van der Waals surface area (Å²) in [7, 11) is -1.88. The molecular weight excluding hydrogens is 374 g/mol. The third-order valence-corrected chi connectivity index (χ3v) is 4.52. The Balaban J connectivity index is 2.66. The largest absolute Gasteiger partial charge is 0.383 e. The number of hydrogen-bond acceptors (Lipinski definition) is 3. The number of ether oxygens (including phenoxy) is 1. The van der Waals surface area contributed by atoms with Gasteiger partial charge in [-0.1, -0.05) is 31.9 Å². The van der Waals surface area contributed by atoms with Crippen LogP contribution in [0, 0.1) is 0 Å². The smallest absolute Gasteiger partial charge is 0.240 e. The molecule has 0 saturated carbocycles. The topological polar surface area (TPSA) is 55.4 Å². The first-order chi connectivity index (χ1) is 7.95. The molecule has 4 nitrogen and oxygen atoms in total. The number of methoxy groups -OCH3 is 1. The van der Waals surface area contributed by atoms with E-state index in [1.165, 1.54) is 0 Å². The van der Waals surface area contributed by atoms with Gasteiger partial charge in [0.05, 0.1) is 16.3 Å². The average Bonchev–Trinajstić information content (AvgIpc) is 2.28. The molecule has 1 aromatic rings. The molecule has 0 bridgehead atoms. The van der Waals surface area contributed by atoms with Crippen LogP contribution in [0.5, 0.6) is 0 Å². The average molecular weight is 387 g/mol. The highest BCUT2D eigenvalue weighted by Gasteiger charge is 2.15. The lowest BCUT2D eigenvalue weighted by Crippen LogP contribution is -2.31. The van der Waals surface area contributed by atoms with E-state index < -0.39 is 10.0 Å². The molecule has 0 amide bonds. The zero-order chi connectivity index (χ0) is 12.9. The third kappa shape index (κ3) is 5.05. The first-order valence-corrected chi connectivity index (χ1v) is 8.03. The summed E-state index contributed by atoms with van der Waals surface area (Å²) in [5.41, 5.74) is 0. The summed E-state index contributed by atoms with van der Waals surface area (Å²) in [6.07, 6.45) is 0. The minimum Gasteiger partial charge on any atom is -0.383 e. The molecule has 1 atom stereocenters. The molecule has 0 heterocycles. The Labute approximate surface area is 118 Å². The minimum atomic E-state index is -3.45. The number of hydrogen-bond donors (Lipinski definition) is 1. The Bertz CT molecular complexity index is 447. The van der Waals surface area contributed by atoms with Crippen LogP contribution in [-0.2, 0) is 14.8 Å². The van der Waals surface area contributed by atoms with Gasteiger partial charge in [-0.3, -0.25) is 0 Å². The Morgan fingerprint density at radius 1 is 1.35 bits per heavy atom. The first-order valence-electron chi connectivity index (χ1n) is 4.84. The Kier molecular flexibility index (Phi) is 6.08. The molecule has 0 aromatic heterocycles. The summed E-state index contributed by atoms with van der Waals surface area (Å²) in [6.45, 7) is 0.731. The number of halogens is 2. The van der Waals surface area contributed by atoms with Crippen molar-refractivity contribution < 1.29 is 13.2 Å². The molecule has 0 spiro atoms. The highest BCUT2D eigenvalue weighted by atomic mass is 79.9. The van der Waals surface area contributed by atoms with Crippen molar-refractivity contribution in [1.29, 1.82) is 0 Å². The maximum atomic E-state index is 11.9. The highest BCUT2D eigenvalue weighted by Crippen LogP contribution is 2.14. The molecule has 0 radical (unpaired) electrons. The molecule has 0 aliphatic carbocycles. The summed E-state index contributed by atoms with van der Waals surface area (Å²) in [6, 6.07) is 6.47. The van der Waals surface area contributed by atoms with E-state index in [1.807, 2.05) is 0 Å². The molecule has 17 heavy (non-hydrogen) atoms. The van der Waals surface area contributed by atoms with Gasteiger partial charge in [0, 0.05) is 18.1 Å². The molecule has 0 aliphatic rings. The predicted molar refractivity (Wildman–Crippen MR) is 73.9 cm³/mol. The van der Waals surface area contributed by atoms with Gasteiger partial charge in [0.25, 0.3) is 0 Å². The lowest BCUT2D eigenvalue weighted by atomic mass is 10.4. The number of benzene rings is 1. The zero-order valence-electron chi connectivity index (χ0n) is 9.19. The van der Waals surface area contributed by atoms with Crippen molar-refractivity contribution in [3.8, 4) is 0 Å². The summed E-state index contributed by atoms with van der Waals surface area (Å²) in [5.74, 6) is 0. The predicted octanol–water partition coefficient (Wildman–Crippen LogP) is 2.14. The monoisotopic (exact) mass is 385 g/mol. The van der Waals surface area contributed by atoms with Gasteiger partial charge in [-0.25, -0.2) is 13.1 Å². The van der Waals surface area contributed by atoms with Crippen LogP contribution in [0.15, 0.2) is 33.6 Å². The van der Waals surface area contributed by atoms with Crippen molar-refractivity contribution in [1.82, 2.24) is 4.72 Å². The van der Waals surface area contributed by atoms with E-state index >= 15 is 0 Å². The normalized spacial score (nSPS) is 13.6. The van der Waals surface area contributed by atoms with Gasteiger partial charge >= 0.3 is 0 Å². The summed E-state index contributed by atoms with van der Waals surface area (Å²) < 4.78 is 32.0. The fraction of sp³-hybridized carbons (Fsp3) is 0.400. The lowest BCUT2D eigenvalue weighted by Gasteiger charge is -2.10. The van der Waals surface area contributed by atoms with E-state index in [-0.39, 0.29) is 16.3 Å². The van der Waals surface area contributed by atoms with Crippen LogP contribution in [0.1, 0.15) is 0 Å². The van der Waals surface area contributed by atoms with E-state index in [2.05, 4.69) is 36.6 Å². The summed E-state index contributed by atoms with van der Waals surface area (Å²) in [4.78, 5) is 0.204. The van der Waals surface area contributed by atoms with Crippen molar-refractivity contribution >= 4 is 41.9 Å². The van der Waals surface area contributed by atoms with Gasteiger partial charge in [0.1, 0.15) is 0 Å². The molecule has 1 unspecified atom stereocenters. The zero-order valence-corrected chi connectivity index (χ0v) is 13.2. The summed E-state index contributed by atoms with van der Waals surface area (Å²) >= 11 is 6.57. The second kappa shape index (κ2) is 6.84. The molecular formula is C10H13Br2NO3S. The van der Waals surface area contributed by atoms with Crippen molar-refractivity contribution in [3.05, 3.63) is 28.7 Å². The molecule has 0 aliphatic heterocycles. The van der Waals surface area contributed by atoms with E-state index in [9.17, 15) is 8.42 Å². The van der Waals surface area contributed by atoms with Crippen molar-refractivity contribution in [2.45, 2.75) is 9.72 Å². The maximum absolute atomic E-state index is 11.9. The van der Waals surface area contributed by atoms with Gasteiger partial charge in [0.2, 0.25) is 10.0 Å². The standard InChI is InChI=1S/C10H13Br2NO3S/c1-16-7-9(12)6-13-17(14,15)10-4-2-8(11)3-5-10/h2-5,9,13H,6-7H2,1H3.